The van der Waals surface area contributed by atoms with Crippen molar-refractivity contribution in [3.05, 3.63) is 77.0 Å². The molecule has 20 heavy (non-hydrogen) atoms. The molecule has 2 aromatic carbocycles. The second-order valence-corrected chi connectivity index (χ2v) is 5.80. The molecule has 1 aliphatic heterocycles. The van der Waals surface area contributed by atoms with Crippen LogP contribution in [0.4, 0.5) is 0 Å². The minimum Gasteiger partial charge on any atom is -0.369 e. The summed E-state index contributed by atoms with van der Waals surface area (Å²) in [6.45, 7) is 4.53. The minimum absolute atomic E-state index is 0.315. The summed E-state index contributed by atoms with van der Waals surface area (Å²) in [5, 5.41) is 0. The van der Waals surface area contributed by atoms with Gasteiger partial charge in [-0.1, -0.05) is 62.4 Å². The Balaban J connectivity index is 2.17. The van der Waals surface area contributed by atoms with Crippen molar-refractivity contribution < 1.29 is 0 Å². The molecule has 102 valence electrons. The Kier molecular flexibility index (Phi) is 3.35. The topological polar surface area (TPSA) is 3.24 Å². The molecule has 1 aliphatic rings. The van der Waals surface area contributed by atoms with Gasteiger partial charge in [-0.15, -0.1) is 0 Å². The Morgan fingerprint density at radius 2 is 1.55 bits per heavy atom. The van der Waals surface area contributed by atoms with Crippen LogP contribution in [0.3, 0.4) is 0 Å². The molecule has 0 amide bonds. The zero-order valence-corrected chi connectivity index (χ0v) is 12.4. The van der Waals surface area contributed by atoms with Gasteiger partial charge in [-0.05, 0) is 34.2 Å². The first-order chi connectivity index (χ1) is 9.68. The van der Waals surface area contributed by atoms with Gasteiger partial charge in [0.2, 0.25) is 0 Å². The van der Waals surface area contributed by atoms with Gasteiger partial charge in [0.05, 0.1) is 6.04 Å². The summed E-state index contributed by atoms with van der Waals surface area (Å²) in [6.07, 6.45) is 4.38. The number of rotatable bonds is 2. The summed E-state index contributed by atoms with van der Waals surface area (Å²) in [6, 6.07) is 17.8. The molecule has 0 radical (unpaired) electrons. The summed E-state index contributed by atoms with van der Waals surface area (Å²) >= 11 is 0. The second kappa shape index (κ2) is 5.16. The molecule has 1 heteroatoms. The molecule has 1 heterocycles. The van der Waals surface area contributed by atoms with E-state index >= 15 is 0 Å². The maximum absolute atomic E-state index is 2.31. The van der Waals surface area contributed by atoms with Crippen molar-refractivity contribution >= 4 is 6.08 Å². The Hall–Kier alpha value is -2.02. The first-order valence-electron chi connectivity index (χ1n) is 7.26. The van der Waals surface area contributed by atoms with Crippen molar-refractivity contribution in [2.75, 3.05) is 7.05 Å². The lowest BCUT2D eigenvalue weighted by molar-refractivity contribution is 0.378. The lowest BCUT2D eigenvalue weighted by Crippen LogP contribution is -2.24. The number of benzene rings is 2. The van der Waals surface area contributed by atoms with E-state index in [0.29, 0.717) is 12.0 Å². The van der Waals surface area contributed by atoms with E-state index in [1.807, 2.05) is 0 Å². The fourth-order valence-electron chi connectivity index (χ4n) is 3.09. The third kappa shape index (κ3) is 2.14. The van der Waals surface area contributed by atoms with Crippen molar-refractivity contribution in [1.82, 2.24) is 4.90 Å². The van der Waals surface area contributed by atoms with E-state index in [-0.39, 0.29) is 0 Å². The molecule has 1 unspecified atom stereocenters. The van der Waals surface area contributed by atoms with Gasteiger partial charge in [0, 0.05) is 13.2 Å². The minimum atomic E-state index is 0.315. The lowest BCUT2D eigenvalue weighted by atomic mass is 9.86. The molecule has 0 saturated heterocycles. The molecule has 1 nitrogen and oxygen atoms in total. The molecule has 2 aromatic rings. The first-order valence-corrected chi connectivity index (χ1v) is 7.26. The highest BCUT2D eigenvalue weighted by atomic mass is 15.1. The first kappa shape index (κ1) is 13.0. The van der Waals surface area contributed by atoms with E-state index in [1.165, 1.54) is 22.3 Å². The van der Waals surface area contributed by atoms with E-state index in [1.54, 1.807) is 0 Å². The highest BCUT2D eigenvalue weighted by Crippen LogP contribution is 2.37. The van der Waals surface area contributed by atoms with Crippen LogP contribution in [0.15, 0.2) is 54.7 Å². The molecule has 1 atom stereocenters. The largest absolute Gasteiger partial charge is 0.369 e. The van der Waals surface area contributed by atoms with E-state index in [2.05, 4.69) is 86.6 Å². The average molecular weight is 263 g/mol. The van der Waals surface area contributed by atoms with E-state index < -0.39 is 0 Å². The van der Waals surface area contributed by atoms with Crippen LogP contribution in [0, 0.1) is 0 Å². The van der Waals surface area contributed by atoms with Crippen molar-refractivity contribution in [2.24, 2.45) is 0 Å². The van der Waals surface area contributed by atoms with Crippen molar-refractivity contribution in [3.63, 3.8) is 0 Å². The van der Waals surface area contributed by atoms with Gasteiger partial charge in [0.1, 0.15) is 0 Å². The molecule has 0 fully saturated rings. The van der Waals surface area contributed by atoms with Crippen LogP contribution in [0.25, 0.3) is 6.08 Å². The quantitative estimate of drug-likeness (QED) is 0.751. The number of hydrogen-bond acceptors (Lipinski definition) is 1. The maximum Gasteiger partial charge on any atom is 0.0795 e. The van der Waals surface area contributed by atoms with Crippen molar-refractivity contribution in [1.29, 1.82) is 0 Å². The Labute approximate surface area is 121 Å². The van der Waals surface area contributed by atoms with Gasteiger partial charge in [-0.3, -0.25) is 0 Å². The lowest BCUT2D eigenvalue weighted by Gasteiger charge is -2.34. The van der Waals surface area contributed by atoms with E-state index in [9.17, 15) is 0 Å². The van der Waals surface area contributed by atoms with Crippen LogP contribution in [-0.2, 0) is 0 Å². The number of fused-ring (bicyclic) bond motifs is 1. The van der Waals surface area contributed by atoms with Gasteiger partial charge in [-0.2, -0.15) is 0 Å². The third-order valence-electron chi connectivity index (χ3n) is 4.10. The molecule has 0 saturated carbocycles. The van der Waals surface area contributed by atoms with Gasteiger partial charge < -0.3 is 4.90 Å². The van der Waals surface area contributed by atoms with Crippen LogP contribution < -0.4 is 0 Å². The van der Waals surface area contributed by atoms with Crippen LogP contribution in [-0.4, -0.2) is 11.9 Å². The molecular formula is C19H21N. The summed E-state index contributed by atoms with van der Waals surface area (Å²) in [4.78, 5) is 2.31. The van der Waals surface area contributed by atoms with Crippen LogP contribution in [0.5, 0.6) is 0 Å². The molecular weight excluding hydrogens is 242 g/mol. The average Bonchev–Trinajstić information content (AvgIpc) is 2.47. The summed E-state index contributed by atoms with van der Waals surface area (Å²) < 4.78 is 0. The predicted molar refractivity (Wildman–Crippen MR) is 85.6 cm³/mol. The van der Waals surface area contributed by atoms with Crippen LogP contribution >= 0.6 is 0 Å². The smallest absolute Gasteiger partial charge is 0.0795 e. The van der Waals surface area contributed by atoms with Gasteiger partial charge in [0.25, 0.3) is 0 Å². The normalized spacial score (nSPS) is 17.4. The fraction of sp³-hybridized carbons (Fsp3) is 0.263. The number of hydrogen-bond donors (Lipinski definition) is 0. The summed E-state index contributed by atoms with van der Waals surface area (Å²) in [5.74, 6) is 0.540. The second-order valence-electron chi connectivity index (χ2n) is 5.80. The summed E-state index contributed by atoms with van der Waals surface area (Å²) in [5.41, 5.74) is 5.58. The SMILES string of the molecule is CC(C)c1ccccc1C1c2ccccc2C=CN1C. The monoisotopic (exact) mass is 263 g/mol. The maximum atomic E-state index is 2.31. The van der Waals surface area contributed by atoms with Gasteiger partial charge >= 0.3 is 0 Å². The molecule has 0 spiro atoms. The van der Waals surface area contributed by atoms with E-state index in [0.717, 1.165) is 0 Å². The predicted octanol–water partition coefficient (Wildman–Crippen LogP) is 4.82. The van der Waals surface area contributed by atoms with Crippen molar-refractivity contribution in [2.45, 2.75) is 25.8 Å². The van der Waals surface area contributed by atoms with E-state index in [4.69, 9.17) is 0 Å². The molecule has 0 aliphatic carbocycles. The zero-order chi connectivity index (χ0) is 14.1. The fourth-order valence-corrected chi connectivity index (χ4v) is 3.09. The Morgan fingerprint density at radius 3 is 2.30 bits per heavy atom. The molecule has 3 rings (SSSR count). The van der Waals surface area contributed by atoms with Crippen LogP contribution in [0.1, 0.15) is 48.1 Å². The standard InChI is InChI=1S/C19H21N/c1-14(2)16-9-6-7-11-18(16)19-17-10-5-4-8-15(17)12-13-20(19)3/h4-14,19H,1-3H3. The number of nitrogens with zero attached hydrogens (tertiary/aromatic N) is 1. The molecule has 0 bridgehead atoms. The van der Waals surface area contributed by atoms with Crippen LogP contribution in [0.2, 0.25) is 0 Å². The van der Waals surface area contributed by atoms with Gasteiger partial charge in [0.15, 0.2) is 0 Å². The van der Waals surface area contributed by atoms with Crippen molar-refractivity contribution in [3.8, 4) is 0 Å². The Bertz CT molecular complexity index is 640. The Morgan fingerprint density at radius 1 is 0.900 bits per heavy atom. The third-order valence-corrected chi connectivity index (χ3v) is 4.10. The van der Waals surface area contributed by atoms with Gasteiger partial charge in [-0.25, -0.2) is 0 Å². The zero-order valence-electron chi connectivity index (χ0n) is 12.4. The molecule has 0 aromatic heterocycles. The summed E-state index contributed by atoms with van der Waals surface area (Å²) in [7, 11) is 2.16. The highest BCUT2D eigenvalue weighted by Gasteiger charge is 2.24. The molecule has 0 N–H and O–H groups in total. The highest BCUT2D eigenvalue weighted by molar-refractivity contribution is 5.59.